The number of nitrogens with zero attached hydrogens (tertiary/aromatic N) is 3. The highest BCUT2D eigenvalue weighted by molar-refractivity contribution is 5.82. The lowest BCUT2D eigenvalue weighted by atomic mass is 9.83. The topological polar surface area (TPSA) is 90.1 Å². The maximum absolute atomic E-state index is 13.3. The zero-order valence-electron chi connectivity index (χ0n) is 17.5. The number of nitrogens with one attached hydrogen (secondary N) is 1. The molecule has 28 heavy (non-hydrogen) atoms. The van der Waals surface area contributed by atoms with Crippen LogP contribution in [0.25, 0.3) is 0 Å². The van der Waals surface area contributed by atoms with Gasteiger partial charge in [0.2, 0.25) is 5.89 Å². The highest BCUT2D eigenvalue weighted by Gasteiger charge is 2.54. The first-order chi connectivity index (χ1) is 13.1. The summed E-state index contributed by atoms with van der Waals surface area (Å²) in [4.78, 5) is 22.0. The van der Waals surface area contributed by atoms with Gasteiger partial charge in [0.15, 0.2) is 5.82 Å². The monoisotopic (exact) mass is 386 g/mol. The van der Waals surface area contributed by atoms with Gasteiger partial charge in [-0.1, -0.05) is 25.1 Å². The first-order valence-corrected chi connectivity index (χ1v) is 9.81. The highest BCUT2D eigenvalue weighted by atomic mass is 16.6. The van der Waals surface area contributed by atoms with Crippen molar-refractivity contribution in [1.82, 2.24) is 20.4 Å². The zero-order chi connectivity index (χ0) is 20.5. The second-order valence-electron chi connectivity index (χ2n) is 9.08. The molecular formula is C21H30N4O3. The predicted octanol–water partition coefficient (Wildman–Crippen LogP) is 3.72. The van der Waals surface area contributed by atoms with E-state index in [2.05, 4.69) is 34.3 Å². The molecule has 0 aromatic carbocycles. The van der Waals surface area contributed by atoms with Crippen LogP contribution in [0, 0.1) is 12.8 Å². The summed E-state index contributed by atoms with van der Waals surface area (Å²) in [6.45, 7) is 11.7. The third-order valence-corrected chi connectivity index (χ3v) is 4.85. The molecule has 7 nitrogen and oxygen atoms in total. The minimum absolute atomic E-state index is 0.142. The summed E-state index contributed by atoms with van der Waals surface area (Å²) in [7, 11) is 0. The standard InChI is InChI=1S/C21H30N4O3/c1-13(2)10-21(19(26)27-20(4,5)6)11-16(18-23-14(3)25-28-18)17(24-21)15-8-7-9-22-12-15/h7-9,12-13,16-17,24H,10-11H2,1-6H3/t16-,17-,21-/m0/s1. The number of hydrogen-bond donors (Lipinski definition) is 1. The summed E-state index contributed by atoms with van der Waals surface area (Å²) < 4.78 is 11.3. The number of hydrogen-bond acceptors (Lipinski definition) is 7. The fourth-order valence-corrected chi connectivity index (χ4v) is 3.96. The molecule has 0 bridgehead atoms. The SMILES string of the molecule is Cc1noc([C@H]2C[C@@](CC(C)C)(C(=O)OC(C)(C)C)N[C@H]2c2cccnc2)n1. The van der Waals surface area contributed by atoms with E-state index in [1.807, 2.05) is 39.1 Å². The van der Waals surface area contributed by atoms with Gasteiger partial charge in [-0.3, -0.25) is 15.1 Å². The quantitative estimate of drug-likeness (QED) is 0.783. The van der Waals surface area contributed by atoms with Gasteiger partial charge >= 0.3 is 5.97 Å². The van der Waals surface area contributed by atoms with E-state index in [0.29, 0.717) is 30.5 Å². The van der Waals surface area contributed by atoms with Crippen molar-refractivity contribution in [2.75, 3.05) is 0 Å². The van der Waals surface area contributed by atoms with Gasteiger partial charge in [-0.2, -0.15) is 4.98 Å². The predicted molar refractivity (Wildman–Crippen MR) is 105 cm³/mol. The minimum atomic E-state index is -0.824. The number of rotatable bonds is 5. The van der Waals surface area contributed by atoms with Crippen LogP contribution >= 0.6 is 0 Å². The number of pyridine rings is 1. The zero-order valence-corrected chi connectivity index (χ0v) is 17.5. The molecule has 7 heteroatoms. The summed E-state index contributed by atoms with van der Waals surface area (Å²) in [5.74, 6) is 1.04. The molecule has 0 aliphatic carbocycles. The molecule has 2 aromatic rings. The van der Waals surface area contributed by atoms with Gasteiger partial charge in [0.05, 0.1) is 5.92 Å². The van der Waals surface area contributed by atoms with Gasteiger partial charge in [-0.15, -0.1) is 0 Å². The highest BCUT2D eigenvalue weighted by Crippen LogP contribution is 2.47. The molecular weight excluding hydrogens is 356 g/mol. The molecule has 0 spiro atoms. The summed E-state index contributed by atoms with van der Waals surface area (Å²) in [6, 6.07) is 3.73. The second kappa shape index (κ2) is 7.62. The van der Waals surface area contributed by atoms with Gasteiger partial charge in [0.1, 0.15) is 11.1 Å². The van der Waals surface area contributed by atoms with Crippen LogP contribution in [0.2, 0.25) is 0 Å². The molecule has 0 radical (unpaired) electrons. The number of carbonyl (C=O) groups excluding carboxylic acids is 1. The molecule has 3 heterocycles. The molecule has 1 fully saturated rings. The van der Waals surface area contributed by atoms with Gasteiger partial charge < -0.3 is 9.26 Å². The fraction of sp³-hybridized carbons (Fsp3) is 0.619. The van der Waals surface area contributed by atoms with Crippen LogP contribution in [0.15, 0.2) is 29.0 Å². The van der Waals surface area contributed by atoms with Gasteiger partial charge in [-0.25, -0.2) is 0 Å². The Labute approximate surface area is 166 Å². The summed E-state index contributed by atoms with van der Waals surface area (Å²) in [5.41, 5.74) is -0.404. The van der Waals surface area contributed by atoms with Crippen LogP contribution in [0.1, 0.15) is 76.7 Å². The van der Waals surface area contributed by atoms with Crippen molar-refractivity contribution in [1.29, 1.82) is 0 Å². The van der Waals surface area contributed by atoms with E-state index in [0.717, 1.165) is 5.56 Å². The van der Waals surface area contributed by atoms with Crippen molar-refractivity contribution < 1.29 is 14.1 Å². The van der Waals surface area contributed by atoms with Crippen molar-refractivity contribution in [2.45, 2.75) is 77.5 Å². The molecule has 1 N–H and O–H groups in total. The summed E-state index contributed by atoms with van der Waals surface area (Å²) in [6.07, 6.45) is 4.73. The van der Waals surface area contributed by atoms with Crippen LogP contribution in [0.5, 0.6) is 0 Å². The molecule has 3 rings (SSSR count). The van der Waals surface area contributed by atoms with E-state index in [1.54, 1.807) is 13.1 Å². The molecule has 0 saturated carbocycles. The first kappa shape index (κ1) is 20.5. The van der Waals surface area contributed by atoms with Crippen LogP contribution in [0.3, 0.4) is 0 Å². The van der Waals surface area contributed by atoms with Crippen LogP contribution in [-0.2, 0) is 9.53 Å². The van der Waals surface area contributed by atoms with Crippen LogP contribution in [-0.4, -0.2) is 32.2 Å². The molecule has 152 valence electrons. The van der Waals surface area contributed by atoms with Crippen molar-refractivity contribution in [3.63, 3.8) is 0 Å². The molecule has 1 aliphatic rings. The van der Waals surface area contributed by atoms with Gasteiger partial charge in [0.25, 0.3) is 0 Å². The Kier molecular flexibility index (Phi) is 5.57. The van der Waals surface area contributed by atoms with Crippen molar-refractivity contribution in [2.24, 2.45) is 5.92 Å². The largest absolute Gasteiger partial charge is 0.459 e. The van der Waals surface area contributed by atoms with E-state index >= 15 is 0 Å². The van der Waals surface area contributed by atoms with Crippen molar-refractivity contribution >= 4 is 5.97 Å². The molecule has 2 aromatic heterocycles. The summed E-state index contributed by atoms with van der Waals surface area (Å²) >= 11 is 0. The Morgan fingerprint density at radius 3 is 2.71 bits per heavy atom. The molecule has 0 unspecified atom stereocenters. The summed E-state index contributed by atoms with van der Waals surface area (Å²) in [5, 5.41) is 7.55. The van der Waals surface area contributed by atoms with E-state index < -0.39 is 11.1 Å². The van der Waals surface area contributed by atoms with Crippen LogP contribution in [0.4, 0.5) is 0 Å². The Bertz CT molecular complexity index is 813. The van der Waals surface area contributed by atoms with E-state index in [9.17, 15) is 4.79 Å². The second-order valence-corrected chi connectivity index (χ2v) is 9.08. The Hall–Kier alpha value is -2.28. The first-order valence-electron chi connectivity index (χ1n) is 9.81. The van der Waals surface area contributed by atoms with Gasteiger partial charge in [-0.05, 0) is 58.1 Å². The number of aromatic nitrogens is 3. The third-order valence-electron chi connectivity index (χ3n) is 4.85. The smallest absolute Gasteiger partial charge is 0.326 e. The number of ether oxygens (including phenoxy) is 1. The normalized spacial score (nSPS) is 25.2. The molecule has 1 saturated heterocycles. The molecule has 1 aliphatic heterocycles. The third kappa shape index (κ3) is 4.41. The number of aryl methyl sites for hydroxylation is 1. The number of esters is 1. The van der Waals surface area contributed by atoms with Crippen LogP contribution < -0.4 is 5.32 Å². The average molecular weight is 386 g/mol. The fourth-order valence-electron chi connectivity index (χ4n) is 3.96. The van der Waals surface area contributed by atoms with E-state index in [-0.39, 0.29) is 17.9 Å². The average Bonchev–Trinajstić information content (AvgIpc) is 3.18. The Balaban J connectivity index is 2.02. The molecule has 3 atom stereocenters. The van der Waals surface area contributed by atoms with E-state index in [1.165, 1.54) is 0 Å². The lowest BCUT2D eigenvalue weighted by Gasteiger charge is -2.33. The van der Waals surface area contributed by atoms with Gasteiger partial charge in [0, 0.05) is 18.4 Å². The number of carbonyl (C=O) groups is 1. The maximum atomic E-state index is 13.3. The lowest BCUT2D eigenvalue weighted by molar-refractivity contribution is -0.163. The minimum Gasteiger partial charge on any atom is -0.459 e. The maximum Gasteiger partial charge on any atom is 0.326 e. The Morgan fingerprint density at radius 1 is 1.43 bits per heavy atom. The van der Waals surface area contributed by atoms with Crippen molar-refractivity contribution in [3.05, 3.63) is 41.8 Å². The van der Waals surface area contributed by atoms with Crippen molar-refractivity contribution in [3.8, 4) is 0 Å². The van der Waals surface area contributed by atoms with E-state index in [4.69, 9.17) is 9.26 Å². The molecule has 0 amide bonds. The Morgan fingerprint density at radius 2 is 2.18 bits per heavy atom. The lowest BCUT2D eigenvalue weighted by Crippen LogP contribution is -2.52.